The summed E-state index contributed by atoms with van der Waals surface area (Å²) in [4.78, 5) is 14.0. The molecule has 0 atom stereocenters. The third-order valence-corrected chi connectivity index (χ3v) is 3.91. The number of amides is 1. The molecule has 1 aromatic rings. The highest BCUT2D eigenvalue weighted by molar-refractivity contribution is 7.14. The van der Waals surface area contributed by atoms with E-state index in [1.165, 1.54) is 0 Å². The summed E-state index contributed by atoms with van der Waals surface area (Å²) in [6, 6.07) is 3.96. The number of thiophene rings is 1. The van der Waals surface area contributed by atoms with Crippen LogP contribution in [0.25, 0.3) is 0 Å². The van der Waals surface area contributed by atoms with Gasteiger partial charge in [0.15, 0.2) is 0 Å². The number of rotatable bonds is 4. The highest BCUT2D eigenvalue weighted by atomic mass is 32.1. The Morgan fingerprint density at radius 3 is 2.87 bits per heavy atom. The summed E-state index contributed by atoms with van der Waals surface area (Å²) in [7, 11) is 3.77. The van der Waals surface area contributed by atoms with Gasteiger partial charge in [-0.1, -0.05) is 0 Å². The van der Waals surface area contributed by atoms with Gasteiger partial charge in [-0.05, 0) is 37.4 Å². The van der Waals surface area contributed by atoms with Gasteiger partial charge in [-0.25, -0.2) is 0 Å². The maximum Gasteiger partial charge on any atom is 0.234 e. The van der Waals surface area contributed by atoms with Crippen LogP contribution in [-0.2, 0) is 4.79 Å². The van der Waals surface area contributed by atoms with Gasteiger partial charge in [-0.3, -0.25) is 4.79 Å². The molecule has 1 N–H and O–H groups in total. The Labute approximate surface area is 94.1 Å². The molecule has 0 saturated heterocycles. The third kappa shape index (κ3) is 1.92. The van der Waals surface area contributed by atoms with Crippen LogP contribution in [0.1, 0.15) is 12.8 Å². The van der Waals surface area contributed by atoms with E-state index < -0.39 is 0 Å². The van der Waals surface area contributed by atoms with E-state index in [-0.39, 0.29) is 11.3 Å². The number of hydrogen-bond acceptors (Lipinski definition) is 3. The Morgan fingerprint density at radius 2 is 2.40 bits per heavy atom. The minimum atomic E-state index is -0.118. The molecule has 2 rings (SSSR count). The van der Waals surface area contributed by atoms with Crippen molar-refractivity contribution in [1.82, 2.24) is 5.32 Å². The van der Waals surface area contributed by atoms with E-state index in [9.17, 15) is 4.79 Å². The molecule has 82 valence electrons. The lowest BCUT2D eigenvalue weighted by Gasteiger charge is -2.21. The number of anilines is 1. The molecule has 0 bridgehead atoms. The van der Waals surface area contributed by atoms with E-state index in [1.807, 2.05) is 31.6 Å². The average molecular weight is 224 g/mol. The van der Waals surface area contributed by atoms with Crippen molar-refractivity contribution in [2.24, 2.45) is 5.41 Å². The van der Waals surface area contributed by atoms with E-state index in [0.717, 1.165) is 24.4 Å². The van der Waals surface area contributed by atoms with Gasteiger partial charge in [0.1, 0.15) is 0 Å². The monoisotopic (exact) mass is 224 g/mol. The zero-order valence-corrected chi connectivity index (χ0v) is 9.93. The molecule has 3 nitrogen and oxygen atoms in total. The molecule has 1 saturated carbocycles. The van der Waals surface area contributed by atoms with Gasteiger partial charge in [-0.2, -0.15) is 0 Å². The topological polar surface area (TPSA) is 32.3 Å². The van der Waals surface area contributed by atoms with Crippen LogP contribution in [-0.4, -0.2) is 26.5 Å². The summed E-state index contributed by atoms with van der Waals surface area (Å²) >= 11 is 1.61. The van der Waals surface area contributed by atoms with E-state index in [2.05, 4.69) is 5.32 Å². The maximum absolute atomic E-state index is 12.2. The fourth-order valence-electron chi connectivity index (χ4n) is 1.87. The number of hydrogen-bond donors (Lipinski definition) is 1. The SMILES string of the molecule is CNCC1(C(=O)N(C)c2cccs2)CC1. The minimum absolute atomic E-state index is 0.118. The van der Waals surface area contributed by atoms with Crippen LogP contribution in [0.4, 0.5) is 5.00 Å². The molecule has 1 heterocycles. The summed E-state index contributed by atoms with van der Waals surface area (Å²) < 4.78 is 0. The number of nitrogens with one attached hydrogen (secondary N) is 1. The van der Waals surface area contributed by atoms with Gasteiger partial charge in [-0.15, -0.1) is 11.3 Å². The Kier molecular flexibility index (Phi) is 2.80. The van der Waals surface area contributed by atoms with Crippen molar-refractivity contribution in [3.05, 3.63) is 17.5 Å². The quantitative estimate of drug-likeness (QED) is 0.844. The summed E-state index contributed by atoms with van der Waals surface area (Å²) in [5, 5.41) is 6.13. The molecule has 15 heavy (non-hydrogen) atoms. The number of nitrogens with zero attached hydrogens (tertiary/aromatic N) is 1. The van der Waals surface area contributed by atoms with Crippen molar-refractivity contribution in [3.8, 4) is 0 Å². The summed E-state index contributed by atoms with van der Waals surface area (Å²) in [6.07, 6.45) is 2.03. The number of carbonyl (C=O) groups excluding carboxylic acids is 1. The molecule has 1 amide bonds. The first-order valence-corrected chi connectivity index (χ1v) is 6.04. The first kappa shape index (κ1) is 10.6. The van der Waals surface area contributed by atoms with Crippen LogP contribution in [0.5, 0.6) is 0 Å². The summed E-state index contributed by atoms with van der Waals surface area (Å²) in [5.74, 6) is 0.249. The van der Waals surface area contributed by atoms with Crippen LogP contribution in [0.15, 0.2) is 17.5 Å². The molecule has 0 unspecified atom stereocenters. The fourth-order valence-corrected chi connectivity index (χ4v) is 2.57. The zero-order valence-electron chi connectivity index (χ0n) is 9.12. The van der Waals surface area contributed by atoms with Gasteiger partial charge in [0.25, 0.3) is 0 Å². The zero-order chi connectivity index (χ0) is 10.9. The largest absolute Gasteiger partial charge is 0.319 e. The Balaban J connectivity index is 2.08. The molecule has 1 aliphatic carbocycles. The molecular formula is C11H16N2OS. The van der Waals surface area contributed by atoms with Gasteiger partial charge in [0.2, 0.25) is 5.91 Å². The third-order valence-electron chi connectivity index (χ3n) is 2.96. The van der Waals surface area contributed by atoms with Crippen molar-refractivity contribution in [1.29, 1.82) is 0 Å². The molecule has 1 aliphatic rings. The predicted molar refractivity (Wildman–Crippen MR) is 63.3 cm³/mol. The second-order valence-electron chi connectivity index (χ2n) is 4.13. The Bertz CT molecular complexity index is 343. The second-order valence-corrected chi connectivity index (χ2v) is 5.05. The molecule has 1 aromatic heterocycles. The van der Waals surface area contributed by atoms with E-state index in [4.69, 9.17) is 0 Å². The number of carbonyl (C=O) groups is 1. The van der Waals surface area contributed by atoms with E-state index in [0.29, 0.717) is 0 Å². The van der Waals surface area contributed by atoms with Crippen LogP contribution < -0.4 is 10.2 Å². The first-order chi connectivity index (χ1) is 7.19. The Hall–Kier alpha value is -0.870. The standard InChI is InChI=1S/C11H16N2OS/c1-12-8-11(5-6-11)10(14)13(2)9-4-3-7-15-9/h3-4,7,12H,5-6,8H2,1-2H3. The molecule has 0 aromatic carbocycles. The summed E-state index contributed by atoms with van der Waals surface area (Å²) in [6.45, 7) is 0.793. The normalized spacial score (nSPS) is 17.5. The highest BCUT2D eigenvalue weighted by Crippen LogP contribution is 2.47. The fraction of sp³-hybridized carbons (Fsp3) is 0.545. The molecular weight excluding hydrogens is 208 g/mol. The predicted octanol–water partition coefficient (Wildman–Crippen LogP) is 1.71. The van der Waals surface area contributed by atoms with E-state index >= 15 is 0 Å². The van der Waals surface area contributed by atoms with E-state index in [1.54, 1.807) is 16.2 Å². The van der Waals surface area contributed by atoms with Gasteiger partial charge >= 0.3 is 0 Å². The second kappa shape index (κ2) is 3.94. The van der Waals surface area contributed by atoms with Gasteiger partial charge in [0, 0.05) is 13.6 Å². The minimum Gasteiger partial charge on any atom is -0.319 e. The van der Waals surface area contributed by atoms with Crippen LogP contribution in [0, 0.1) is 5.41 Å². The van der Waals surface area contributed by atoms with Crippen molar-refractivity contribution in [2.75, 3.05) is 25.5 Å². The lowest BCUT2D eigenvalue weighted by atomic mass is 10.1. The maximum atomic E-state index is 12.2. The first-order valence-electron chi connectivity index (χ1n) is 5.16. The van der Waals surface area contributed by atoms with Crippen molar-refractivity contribution >= 4 is 22.2 Å². The highest BCUT2D eigenvalue weighted by Gasteiger charge is 2.50. The molecule has 4 heteroatoms. The smallest absolute Gasteiger partial charge is 0.234 e. The molecule has 0 radical (unpaired) electrons. The van der Waals surface area contributed by atoms with Crippen molar-refractivity contribution in [2.45, 2.75) is 12.8 Å². The average Bonchev–Trinajstić information content (AvgIpc) is 2.82. The van der Waals surface area contributed by atoms with Crippen LogP contribution in [0.2, 0.25) is 0 Å². The molecule has 0 spiro atoms. The van der Waals surface area contributed by atoms with Gasteiger partial charge < -0.3 is 10.2 Å². The lowest BCUT2D eigenvalue weighted by molar-refractivity contribution is -0.123. The van der Waals surface area contributed by atoms with Crippen LogP contribution in [0.3, 0.4) is 0 Å². The van der Waals surface area contributed by atoms with Crippen LogP contribution >= 0.6 is 11.3 Å². The lowest BCUT2D eigenvalue weighted by Crippen LogP contribution is -2.38. The summed E-state index contributed by atoms with van der Waals surface area (Å²) in [5.41, 5.74) is -0.118. The van der Waals surface area contributed by atoms with Crippen molar-refractivity contribution in [3.63, 3.8) is 0 Å². The van der Waals surface area contributed by atoms with Gasteiger partial charge in [0.05, 0.1) is 10.4 Å². The molecule has 1 fully saturated rings. The molecule has 0 aliphatic heterocycles. The Morgan fingerprint density at radius 1 is 1.67 bits per heavy atom. The van der Waals surface area contributed by atoms with Crippen molar-refractivity contribution < 1.29 is 4.79 Å².